The summed E-state index contributed by atoms with van der Waals surface area (Å²) in [6.07, 6.45) is 6.40. The average Bonchev–Trinajstić information content (AvgIpc) is 3.01. The number of nitrogens with zero attached hydrogens (tertiary/aromatic N) is 4. The van der Waals surface area contributed by atoms with Crippen molar-refractivity contribution in [3.8, 4) is 0 Å². The third-order valence-electron chi connectivity index (χ3n) is 6.85. The number of anilines is 1. The predicted molar refractivity (Wildman–Crippen MR) is 123 cm³/mol. The third-order valence-corrected chi connectivity index (χ3v) is 8.15. The smallest absolute Gasteiger partial charge is 0.255 e. The van der Waals surface area contributed by atoms with Crippen LogP contribution < -0.4 is 10.9 Å². The van der Waals surface area contributed by atoms with Crippen LogP contribution >= 0.6 is 0 Å². The Morgan fingerprint density at radius 2 is 1.97 bits per heavy atom. The van der Waals surface area contributed by atoms with Crippen LogP contribution in [0.25, 0.3) is 11.0 Å². The Balaban J connectivity index is 1.69. The number of pyridine rings is 1. The quantitative estimate of drug-likeness (QED) is 0.651. The number of aryl methyl sites for hydroxylation is 1. The van der Waals surface area contributed by atoms with Crippen molar-refractivity contribution in [3.05, 3.63) is 28.2 Å². The zero-order valence-corrected chi connectivity index (χ0v) is 19.4. The molecule has 1 saturated carbocycles. The van der Waals surface area contributed by atoms with Gasteiger partial charge in [0, 0.05) is 35.7 Å². The van der Waals surface area contributed by atoms with Crippen LogP contribution in [0.5, 0.6) is 0 Å². The maximum Gasteiger partial charge on any atom is 0.255 e. The highest BCUT2D eigenvalue weighted by Gasteiger charge is 2.40. The van der Waals surface area contributed by atoms with Gasteiger partial charge in [0.25, 0.3) is 5.56 Å². The van der Waals surface area contributed by atoms with Gasteiger partial charge in [-0.15, -0.1) is 0 Å². The topological polar surface area (TPSA) is 117 Å². The van der Waals surface area contributed by atoms with E-state index in [0.717, 1.165) is 18.2 Å². The summed E-state index contributed by atoms with van der Waals surface area (Å²) in [4.78, 5) is 22.2. The Morgan fingerprint density at radius 1 is 1.29 bits per heavy atom. The van der Waals surface area contributed by atoms with Crippen molar-refractivity contribution in [2.45, 2.75) is 63.0 Å². The zero-order chi connectivity index (χ0) is 22.6. The second-order valence-electron chi connectivity index (χ2n) is 9.59. The number of hydrogen-bond donors (Lipinski definition) is 2. The molecule has 11 heteroatoms. The van der Waals surface area contributed by atoms with E-state index in [4.69, 9.17) is 4.98 Å². The molecule has 1 aliphatic heterocycles. The zero-order valence-electron chi connectivity index (χ0n) is 18.6. The molecule has 0 bridgehead atoms. The van der Waals surface area contributed by atoms with E-state index in [1.165, 1.54) is 10.6 Å². The molecular weight excluding hydrogens is 417 g/mol. The number of hydrogen-bond acceptors (Lipinski definition) is 7. The van der Waals surface area contributed by atoms with Crippen LogP contribution in [0.1, 0.15) is 50.6 Å². The largest absolute Gasteiger partial charge is 0.388 e. The molecule has 2 aromatic rings. The SMILES string of the molecule is BC1(Nc2ncc3cc(C)c(=O)n([C@@H]4CCC[C@@]4(C)O)c3n2)CCN(S(C)(=O)=O)CC1. The molecule has 0 unspecified atom stereocenters. The summed E-state index contributed by atoms with van der Waals surface area (Å²) < 4.78 is 26.7. The normalized spacial score (nSPS) is 26.9. The van der Waals surface area contributed by atoms with Gasteiger partial charge < -0.3 is 10.4 Å². The Kier molecular flexibility index (Phi) is 5.42. The number of nitrogens with one attached hydrogen (secondary N) is 1. The summed E-state index contributed by atoms with van der Waals surface area (Å²) in [5, 5.41) is 15.0. The molecule has 1 saturated heterocycles. The van der Waals surface area contributed by atoms with E-state index >= 15 is 0 Å². The van der Waals surface area contributed by atoms with Crippen LogP contribution in [-0.2, 0) is 10.0 Å². The lowest BCUT2D eigenvalue weighted by molar-refractivity contribution is 0.0266. The lowest BCUT2D eigenvalue weighted by Gasteiger charge is -2.39. The lowest BCUT2D eigenvalue weighted by Crippen LogP contribution is -2.51. The minimum absolute atomic E-state index is 0.142. The second-order valence-corrected chi connectivity index (χ2v) is 11.6. The van der Waals surface area contributed by atoms with Crippen molar-refractivity contribution in [1.29, 1.82) is 0 Å². The van der Waals surface area contributed by atoms with Crippen molar-refractivity contribution in [1.82, 2.24) is 18.8 Å². The molecule has 1 aliphatic carbocycles. The Hall–Kier alpha value is -1.98. The van der Waals surface area contributed by atoms with Crippen LogP contribution in [-0.4, -0.2) is 70.6 Å². The van der Waals surface area contributed by atoms with Gasteiger partial charge in [-0.2, -0.15) is 4.98 Å². The monoisotopic (exact) mass is 447 g/mol. The van der Waals surface area contributed by atoms with Gasteiger partial charge in [0.1, 0.15) is 13.5 Å². The highest BCUT2D eigenvalue weighted by molar-refractivity contribution is 7.88. The highest BCUT2D eigenvalue weighted by atomic mass is 32.2. The molecule has 2 aliphatic rings. The lowest BCUT2D eigenvalue weighted by atomic mass is 9.71. The Bertz CT molecular complexity index is 1170. The van der Waals surface area contributed by atoms with Crippen LogP contribution in [0.15, 0.2) is 17.1 Å². The molecule has 4 rings (SSSR count). The Morgan fingerprint density at radius 3 is 2.55 bits per heavy atom. The van der Waals surface area contributed by atoms with E-state index in [1.807, 2.05) is 7.85 Å². The van der Waals surface area contributed by atoms with Crippen molar-refractivity contribution in [2.75, 3.05) is 24.7 Å². The Labute approximate surface area is 183 Å². The van der Waals surface area contributed by atoms with Gasteiger partial charge in [0.05, 0.1) is 17.9 Å². The number of piperidine rings is 1. The van der Waals surface area contributed by atoms with Crippen molar-refractivity contribution in [3.63, 3.8) is 0 Å². The van der Waals surface area contributed by atoms with Gasteiger partial charge >= 0.3 is 0 Å². The standard InChI is InChI=1S/C20H30BN5O4S/c1-13-11-14-12-22-18(24-20(21)7-9-25(10-8-20)31(3,29)30)23-16(14)26(17(13)27)15-5-4-6-19(15,2)28/h11-12,15,28H,4-10,21H2,1-3H3,(H,22,23,24)/t15-,19-/m1/s1. The molecule has 0 radical (unpaired) electrons. The number of sulfonamides is 1. The number of rotatable bonds is 4. The molecule has 2 N–H and O–H groups in total. The summed E-state index contributed by atoms with van der Waals surface area (Å²) in [6, 6.07) is 1.45. The molecule has 2 aromatic heterocycles. The van der Waals surface area contributed by atoms with Crippen LogP contribution in [0.4, 0.5) is 5.95 Å². The molecule has 0 aromatic carbocycles. The second kappa shape index (κ2) is 7.56. The van der Waals surface area contributed by atoms with E-state index < -0.39 is 15.6 Å². The minimum Gasteiger partial charge on any atom is -0.388 e. The van der Waals surface area contributed by atoms with E-state index in [9.17, 15) is 18.3 Å². The first-order valence-electron chi connectivity index (χ1n) is 10.7. The van der Waals surface area contributed by atoms with Crippen molar-refractivity contribution < 1.29 is 13.5 Å². The van der Waals surface area contributed by atoms with E-state index in [2.05, 4.69) is 10.3 Å². The fourth-order valence-electron chi connectivity index (χ4n) is 4.85. The molecule has 168 valence electrons. The first-order valence-corrected chi connectivity index (χ1v) is 12.6. The maximum absolute atomic E-state index is 13.1. The molecule has 3 heterocycles. The average molecular weight is 447 g/mol. The predicted octanol–water partition coefficient (Wildman–Crippen LogP) is 0.373. The van der Waals surface area contributed by atoms with Gasteiger partial charge in [0.2, 0.25) is 16.0 Å². The van der Waals surface area contributed by atoms with Gasteiger partial charge in [-0.1, -0.05) is 0 Å². The molecule has 0 spiro atoms. The number of aliphatic hydroxyl groups is 1. The van der Waals surface area contributed by atoms with Gasteiger partial charge in [-0.05, 0) is 52.0 Å². The van der Waals surface area contributed by atoms with Crippen LogP contribution in [0.3, 0.4) is 0 Å². The molecule has 0 amide bonds. The number of aromatic nitrogens is 3. The van der Waals surface area contributed by atoms with Gasteiger partial charge in [0.15, 0.2) is 0 Å². The molecular formula is C20H30BN5O4S. The summed E-state index contributed by atoms with van der Waals surface area (Å²) in [7, 11) is -1.17. The summed E-state index contributed by atoms with van der Waals surface area (Å²) in [5.74, 6) is 0.400. The van der Waals surface area contributed by atoms with E-state index in [1.54, 1.807) is 30.7 Å². The van der Waals surface area contributed by atoms with Gasteiger partial charge in [-0.3, -0.25) is 9.36 Å². The van der Waals surface area contributed by atoms with Crippen LogP contribution in [0, 0.1) is 6.92 Å². The fraction of sp³-hybridized carbons (Fsp3) is 0.650. The minimum atomic E-state index is -3.20. The summed E-state index contributed by atoms with van der Waals surface area (Å²) >= 11 is 0. The van der Waals surface area contributed by atoms with E-state index in [-0.39, 0.29) is 17.0 Å². The first kappa shape index (κ1) is 22.2. The van der Waals surface area contributed by atoms with Crippen LogP contribution in [0.2, 0.25) is 0 Å². The van der Waals surface area contributed by atoms with Crippen molar-refractivity contribution >= 4 is 34.9 Å². The van der Waals surface area contributed by atoms with E-state index in [0.29, 0.717) is 49.5 Å². The number of fused-ring (bicyclic) bond motifs is 1. The summed E-state index contributed by atoms with van der Waals surface area (Å²) in [6.45, 7) is 4.42. The highest BCUT2D eigenvalue weighted by Crippen LogP contribution is 2.39. The molecule has 9 nitrogen and oxygen atoms in total. The third kappa shape index (κ3) is 4.23. The molecule has 31 heavy (non-hydrogen) atoms. The maximum atomic E-state index is 13.1. The molecule has 2 fully saturated rings. The van der Waals surface area contributed by atoms with Gasteiger partial charge in [-0.25, -0.2) is 17.7 Å². The summed E-state index contributed by atoms with van der Waals surface area (Å²) in [5.41, 5.74) is -0.356. The van der Waals surface area contributed by atoms with Crippen molar-refractivity contribution in [2.24, 2.45) is 0 Å². The first-order chi connectivity index (χ1) is 14.4. The molecule has 2 atom stereocenters. The fourth-order valence-corrected chi connectivity index (χ4v) is 5.70.